The average Bonchev–Trinajstić information content (AvgIpc) is 3.47. The molecule has 39 heavy (non-hydrogen) atoms. The van der Waals surface area contributed by atoms with E-state index in [-0.39, 0.29) is 6.04 Å². The minimum Gasteiger partial charge on any atom is -0.330 e. The van der Waals surface area contributed by atoms with E-state index in [4.69, 9.17) is 5.10 Å². The molecule has 4 nitrogen and oxygen atoms in total. The molecule has 0 saturated heterocycles. The fraction of sp³-hybridized carbons (Fsp3) is 0.0588. The van der Waals surface area contributed by atoms with Gasteiger partial charge >= 0.3 is 0 Å². The van der Waals surface area contributed by atoms with Crippen LogP contribution in [0.15, 0.2) is 158 Å². The number of nitrogens with zero attached hydrogens (tertiary/aromatic N) is 4. The van der Waals surface area contributed by atoms with Gasteiger partial charge in [0.25, 0.3) is 0 Å². The van der Waals surface area contributed by atoms with Crippen molar-refractivity contribution in [1.29, 1.82) is 0 Å². The minimum atomic E-state index is -0.960. The fourth-order valence-electron chi connectivity index (χ4n) is 4.86. The molecule has 0 saturated carbocycles. The van der Waals surface area contributed by atoms with Gasteiger partial charge in [0.1, 0.15) is 11.7 Å². The van der Waals surface area contributed by atoms with Crippen molar-refractivity contribution in [3.05, 3.63) is 175 Å². The van der Waals surface area contributed by atoms with Crippen LogP contribution < -0.4 is 15.3 Å². The third-order valence-electron chi connectivity index (χ3n) is 6.62. The van der Waals surface area contributed by atoms with Crippen LogP contribution in [-0.4, -0.2) is 15.0 Å². The first kappa shape index (κ1) is 24.8. The summed E-state index contributed by atoms with van der Waals surface area (Å²) < 4.78 is 4.49. The average molecular weight is 525 g/mol. The summed E-state index contributed by atoms with van der Waals surface area (Å²) in [5.41, 5.74) is 4.43. The molecule has 0 aliphatic heterocycles. The molecule has 0 bridgehead atoms. The van der Waals surface area contributed by atoms with Gasteiger partial charge in [0.2, 0.25) is 0 Å². The first-order valence-electron chi connectivity index (χ1n) is 13.1. The summed E-state index contributed by atoms with van der Waals surface area (Å²) in [5, 5.41) is 11.9. The minimum absolute atomic E-state index is 0.148. The van der Waals surface area contributed by atoms with E-state index in [1.54, 1.807) is 0 Å². The Morgan fingerprint density at radius 2 is 1.08 bits per heavy atom. The lowest BCUT2D eigenvalue weighted by Crippen LogP contribution is -2.33. The summed E-state index contributed by atoms with van der Waals surface area (Å²) in [4.78, 5) is 0. The van der Waals surface area contributed by atoms with Crippen molar-refractivity contribution in [2.45, 2.75) is 12.6 Å². The molecule has 0 radical (unpaired) electrons. The SMILES string of the molecule is c1ccc(Cn2cc(C(c3ccccc3)N(c3ccccc3)P(c3ccccc3)c3ccccc3)nn2)cc1. The molecule has 0 spiro atoms. The highest BCUT2D eigenvalue weighted by atomic mass is 31.1. The highest BCUT2D eigenvalue weighted by Crippen LogP contribution is 2.49. The van der Waals surface area contributed by atoms with E-state index in [0.717, 1.165) is 11.4 Å². The number of aromatic nitrogens is 3. The molecule has 5 heteroatoms. The van der Waals surface area contributed by atoms with Gasteiger partial charge in [-0.1, -0.05) is 145 Å². The van der Waals surface area contributed by atoms with Gasteiger partial charge in [-0.15, -0.1) is 5.10 Å². The molecule has 0 aliphatic carbocycles. The molecule has 1 aromatic heterocycles. The lowest BCUT2D eigenvalue weighted by molar-refractivity contribution is 0.649. The van der Waals surface area contributed by atoms with Crippen LogP contribution in [-0.2, 0) is 6.54 Å². The van der Waals surface area contributed by atoms with E-state index >= 15 is 0 Å². The van der Waals surface area contributed by atoms with Crippen LogP contribution in [0.3, 0.4) is 0 Å². The molecule has 0 amide bonds. The number of rotatable bonds is 9. The Labute approximate surface area is 231 Å². The Morgan fingerprint density at radius 3 is 1.64 bits per heavy atom. The quantitative estimate of drug-likeness (QED) is 0.192. The lowest BCUT2D eigenvalue weighted by atomic mass is 10.0. The highest BCUT2D eigenvalue weighted by molar-refractivity contribution is 7.74. The number of anilines is 1. The Morgan fingerprint density at radius 1 is 0.590 bits per heavy atom. The largest absolute Gasteiger partial charge is 0.330 e. The third-order valence-corrected chi connectivity index (χ3v) is 9.09. The smallest absolute Gasteiger partial charge is 0.110 e. The van der Waals surface area contributed by atoms with Crippen molar-refractivity contribution in [2.24, 2.45) is 0 Å². The van der Waals surface area contributed by atoms with Crippen LogP contribution in [0, 0.1) is 0 Å². The van der Waals surface area contributed by atoms with Crippen LogP contribution in [0.4, 0.5) is 5.69 Å². The van der Waals surface area contributed by atoms with E-state index in [0.29, 0.717) is 6.54 Å². The molecule has 0 N–H and O–H groups in total. The van der Waals surface area contributed by atoms with Gasteiger partial charge < -0.3 is 4.67 Å². The second-order valence-corrected chi connectivity index (χ2v) is 11.4. The highest BCUT2D eigenvalue weighted by Gasteiger charge is 2.33. The normalized spacial score (nSPS) is 11.8. The maximum Gasteiger partial charge on any atom is 0.110 e. The van der Waals surface area contributed by atoms with Crippen LogP contribution in [0.1, 0.15) is 22.9 Å². The van der Waals surface area contributed by atoms with Crippen LogP contribution in [0.2, 0.25) is 0 Å². The van der Waals surface area contributed by atoms with Gasteiger partial charge in [-0.2, -0.15) is 0 Å². The van der Waals surface area contributed by atoms with Crippen molar-refractivity contribution in [3.63, 3.8) is 0 Å². The van der Waals surface area contributed by atoms with Crippen molar-refractivity contribution in [2.75, 3.05) is 4.67 Å². The van der Waals surface area contributed by atoms with E-state index in [1.165, 1.54) is 21.7 Å². The van der Waals surface area contributed by atoms with Gasteiger partial charge in [0.15, 0.2) is 0 Å². The van der Waals surface area contributed by atoms with Crippen molar-refractivity contribution < 1.29 is 0 Å². The van der Waals surface area contributed by atoms with Gasteiger partial charge in [0, 0.05) is 16.3 Å². The topological polar surface area (TPSA) is 34.0 Å². The molecule has 1 atom stereocenters. The molecule has 0 fully saturated rings. The monoisotopic (exact) mass is 524 g/mol. The van der Waals surface area contributed by atoms with Gasteiger partial charge in [-0.25, -0.2) is 4.68 Å². The van der Waals surface area contributed by atoms with Gasteiger partial charge in [-0.05, 0) is 23.3 Å². The summed E-state index contributed by atoms with van der Waals surface area (Å²) >= 11 is 0. The zero-order valence-electron chi connectivity index (χ0n) is 21.5. The Balaban J connectivity index is 1.54. The first-order chi connectivity index (χ1) is 19.4. The second kappa shape index (κ2) is 11.9. The molecule has 6 aromatic rings. The molecular formula is C34H29N4P. The lowest BCUT2D eigenvalue weighted by Gasteiger charge is -2.40. The number of benzene rings is 5. The van der Waals surface area contributed by atoms with Crippen LogP contribution in [0.25, 0.3) is 0 Å². The van der Waals surface area contributed by atoms with E-state index in [2.05, 4.69) is 162 Å². The molecule has 1 unspecified atom stereocenters. The molecule has 5 aromatic carbocycles. The zero-order chi connectivity index (χ0) is 26.3. The molecule has 6 rings (SSSR count). The first-order valence-corrected chi connectivity index (χ1v) is 14.4. The number of hydrogen-bond donors (Lipinski definition) is 0. The predicted octanol–water partition coefficient (Wildman–Crippen LogP) is 6.97. The molecular weight excluding hydrogens is 495 g/mol. The Bertz CT molecular complexity index is 1530. The maximum absolute atomic E-state index is 4.79. The third kappa shape index (κ3) is 5.67. The summed E-state index contributed by atoms with van der Waals surface area (Å²) in [6.07, 6.45) is 2.10. The van der Waals surface area contributed by atoms with Gasteiger partial charge in [0.05, 0.1) is 20.8 Å². The Hall–Kier alpha value is -4.53. The van der Waals surface area contributed by atoms with E-state index in [1.807, 2.05) is 10.7 Å². The Kier molecular flexibility index (Phi) is 7.56. The van der Waals surface area contributed by atoms with Crippen molar-refractivity contribution in [3.8, 4) is 0 Å². The number of hydrogen-bond acceptors (Lipinski definition) is 3. The summed E-state index contributed by atoms with van der Waals surface area (Å²) in [6, 6.07) is 53.2. The second-order valence-electron chi connectivity index (χ2n) is 9.30. The van der Waals surface area contributed by atoms with E-state index in [9.17, 15) is 0 Å². The maximum atomic E-state index is 4.79. The fourth-order valence-corrected chi connectivity index (χ4v) is 7.41. The standard InChI is InChI=1S/C34H29N4P/c1-6-16-28(17-7-1)26-37-27-33(35-36-37)34(29-18-8-2-9-19-29)38(30-20-10-3-11-21-30)39(31-22-12-4-13-23-31)32-24-14-5-15-25-32/h1-25,27,34H,26H2. The van der Waals surface area contributed by atoms with Crippen LogP contribution in [0.5, 0.6) is 0 Å². The van der Waals surface area contributed by atoms with Crippen molar-refractivity contribution in [1.82, 2.24) is 15.0 Å². The summed E-state index contributed by atoms with van der Waals surface area (Å²) in [6.45, 7) is 0.673. The van der Waals surface area contributed by atoms with E-state index < -0.39 is 8.07 Å². The van der Waals surface area contributed by atoms with Crippen LogP contribution >= 0.6 is 8.07 Å². The predicted molar refractivity (Wildman–Crippen MR) is 162 cm³/mol. The van der Waals surface area contributed by atoms with Crippen molar-refractivity contribution >= 4 is 24.4 Å². The van der Waals surface area contributed by atoms with Gasteiger partial charge in [-0.3, -0.25) is 0 Å². The molecule has 0 aliphatic rings. The molecule has 190 valence electrons. The summed E-state index contributed by atoms with van der Waals surface area (Å²) in [5.74, 6) is 0. The number of para-hydroxylation sites is 1. The zero-order valence-corrected chi connectivity index (χ0v) is 22.4. The molecule has 1 heterocycles. The summed E-state index contributed by atoms with van der Waals surface area (Å²) in [7, 11) is -0.960.